The van der Waals surface area contributed by atoms with Crippen molar-refractivity contribution in [3.05, 3.63) is 52.3 Å². The predicted molar refractivity (Wildman–Crippen MR) is 77.7 cm³/mol. The van der Waals surface area contributed by atoms with Crippen LogP contribution in [0.25, 0.3) is 0 Å². The number of aryl methyl sites for hydroxylation is 1. The van der Waals surface area contributed by atoms with Crippen LogP contribution in [0.2, 0.25) is 0 Å². The van der Waals surface area contributed by atoms with Crippen LogP contribution in [0.4, 0.5) is 0 Å². The van der Waals surface area contributed by atoms with E-state index in [4.69, 9.17) is 0 Å². The lowest BCUT2D eigenvalue weighted by atomic mass is 9.94. The number of halogens is 1. The highest BCUT2D eigenvalue weighted by molar-refractivity contribution is 9.10. The molecule has 0 saturated carbocycles. The second-order valence-corrected chi connectivity index (χ2v) is 5.41. The third kappa shape index (κ3) is 3.43. The van der Waals surface area contributed by atoms with Crippen molar-refractivity contribution in [1.82, 2.24) is 15.1 Å². The van der Waals surface area contributed by atoms with Crippen molar-refractivity contribution < 1.29 is 0 Å². The van der Waals surface area contributed by atoms with E-state index in [2.05, 4.69) is 56.7 Å². The molecule has 1 N–H and O–H groups in total. The van der Waals surface area contributed by atoms with Crippen LogP contribution >= 0.6 is 15.9 Å². The van der Waals surface area contributed by atoms with Gasteiger partial charge >= 0.3 is 0 Å². The average Bonchev–Trinajstić information content (AvgIpc) is 2.75. The molecule has 0 radical (unpaired) electrons. The molecule has 1 atom stereocenters. The third-order valence-corrected chi connectivity index (χ3v) is 3.54. The molecule has 0 aliphatic carbocycles. The summed E-state index contributed by atoms with van der Waals surface area (Å²) in [6, 6.07) is 10.6. The fourth-order valence-electron chi connectivity index (χ4n) is 2.11. The van der Waals surface area contributed by atoms with Gasteiger partial charge in [0.2, 0.25) is 0 Å². The minimum absolute atomic E-state index is 0.456. The van der Waals surface area contributed by atoms with Crippen molar-refractivity contribution in [2.75, 3.05) is 13.6 Å². The molecule has 4 heteroatoms. The van der Waals surface area contributed by atoms with Gasteiger partial charge in [-0.2, -0.15) is 5.10 Å². The molecule has 2 rings (SSSR count). The zero-order valence-corrected chi connectivity index (χ0v) is 12.3. The fourth-order valence-corrected chi connectivity index (χ4v) is 2.38. The monoisotopic (exact) mass is 307 g/mol. The molecule has 0 spiro atoms. The van der Waals surface area contributed by atoms with Gasteiger partial charge in [-0.05, 0) is 37.2 Å². The van der Waals surface area contributed by atoms with Crippen molar-refractivity contribution >= 4 is 15.9 Å². The standard InChI is InChI=1S/C14H18BrN3/c1-16-10-12(9-14-7-8-18(2)17-14)11-3-5-13(15)6-4-11/h3-8,12,16H,9-10H2,1-2H3. The first kappa shape index (κ1) is 13.3. The second-order valence-electron chi connectivity index (χ2n) is 4.49. The molecule has 0 aliphatic rings. The van der Waals surface area contributed by atoms with E-state index >= 15 is 0 Å². The SMILES string of the molecule is CNCC(Cc1ccn(C)n1)c1ccc(Br)cc1. The molecule has 3 nitrogen and oxygen atoms in total. The Bertz CT molecular complexity index is 490. The van der Waals surface area contributed by atoms with Gasteiger partial charge in [0.25, 0.3) is 0 Å². The molecule has 1 heterocycles. The molecular weight excluding hydrogens is 290 g/mol. The smallest absolute Gasteiger partial charge is 0.0631 e. The topological polar surface area (TPSA) is 29.9 Å². The van der Waals surface area contributed by atoms with Gasteiger partial charge in [0.1, 0.15) is 0 Å². The van der Waals surface area contributed by atoms with Crippen LogP contribution in [0.15, 0.2) is 41.0 Å². The second kappa shape index (κ2) is 6.16. The summed E-state index contributed by atoms with van der Waals surface area (Å²) in [5.74, 6) is 0.456. The van der Waals surface area contributed by atoms with Gasteiger partial charge in [0, 0.05) is 30.2 Å². The minimum atomic E-state index is 0.456. The van der Waals surface area contributed by atoms with Crippen molar-refractivity contribution in [3.63, 3.8) is 0 Å². The lowest BCUT2D eigenvalue weighted by molar-refractivity contribution is 0.609. The van der Waals surface area contributed by atoms with Gasteiger partial charge in [-0.1, -0.05) is 28.1 Å². The van der Waals surface area contributed by atoms with Gasteiger partial charge in [0.05, 0.1) is 5.69 Å². The molecular formula is C14H18BrN3. The molecule has 0 bridgehead atoms. The van der Waals surface area contributed by atoms with E-state index in [9.17, 15) is 0 Å². The van der Waals surface area contributed by atoms with Crippen molar-refractivity contribution in [2.45, 2.75) is 12.3 Å². The molecule has 1 unspecified atom stereocenters. The molecule has 0 saturated heterocycles. The van der Waals surface area contributed by atoms with E-state index in [1.54, 1.807) is 0 Å². The number of nitrogens with one attached hydrogen (secondary N) is 1. The van der Waals surface area contributed by atoms with Crippen LogP contribution in [0.5, 0.6) is 0 Å². The summed E-state index contributed by atoms with van der Waals surface area (Å²) >= 11 is 3.47. The van der Waals surface area contributed by atoms with Crippen LogP contribution in [0.1, 0.15) is 17.2 Å². The zero-order chi connectivity index (χ0) is 13.0. The van der Waals surface area contributed by atoms with E-state index in [1.165, 1.54) is 5.56 Å². The highest BCUT2D eigenvalue weighted by Crippen LogP contribution is 2.21. The lowest BCUT2D eigenvalue weighted by Crippen LogP contribution is -2.19. The Labute approximate surface area is 116 Å². The van der Waals surface area contributed by atoms with Crippen LogP contribution in [0.3, 0.4) is 0 Å². The minimum Gasteiger partial charge on any atom is -0.319 e. The summed E-state index contributed by atoms with van der Waals surface area (Å²) in [6.07, 6.45) is 2.96. The first-order chi connectivity index (χ1) is 8.69. The number of aromatic nitrogens is 2. The summed E-state index contributed by atoms with van der Waals surface area (Å²) < 4.78 is 2.97. The maximum absolute atomic E-state index is 4.46. The molecule has 96 valence electrons. The van der Waals surface area contributed by atoms with Crippen LogP contribution in [-0.2, 0) is 13.5 Å². The predicted octanol–water partition coefficient (Wildman–Crippen LogP) is 2.73. The van der Waals surface area contributed by atoms with E-state index in [1.807, 2.05) is 25.0 Å². The van der Waals surface area contributed by atoms with E-state index in [-0.39, 0.29) is 0 Å². The third-order valence-electron chi connectivity index (χ3n) is 3.02. The maximum Gasteiger partial charge on any atom is 0.0631 e. The number of nitrogens with zero attached hydrogens (tertiary/aromatic N) is 2. The van der Waals surface area contributed by atoms with E-state index < -0.39 is 0 Å². The summed E-state index contributed by atoms with van der Waals surface area (Å²) in [5.41, 5.74) is 2.49. The molecule has 0 aliphatic heterocycles. The first-order valence-electron chi connectivity index (χ1n) is 6.07. The summed E-state index contributed by atoms with van der Waals surface area (Å²) in [6.45, 7) is 0.957. The quantitative estimate of drug-likeness (QED) is 0.920. The molecule has 18 heavy (non-hydrogen) atoms. The van der Waals surface area contributed by atoms with Gasteiger partial charge in [-0.15, -0.1) is 0 Å². The summed E-state index contributed by atoms with van der Waals surface area (Å²) in [7, 11) is 3.94. The Hall–Kier alpha value is -1.13. The fraction of sp³-hybridized carbons (Fsp3) is 0.357. The van der Waals surface area contributed by atoms with Gasteiger partial charge in [0.15, 0.2) is 0 Å². The largest absolute Gasteiger partial charge is 0.319 e. The highest BCUT2D eigenvalue weighted by atomic mass is 79.9. The number of hydrogen-bond donors (Lipinski definition) is 1. The summed E-state index contributed by atoms with van der Waals surface area (Å²) in [4.78, 5) is 0. The Morgan fingerprint density at radius 1 is 1.28 bits per heavy atom. The molecule has 2 aromatic rings. The first-order valence-corrected chi connectivity index (χ1v) is 6.87. The molecule has 1 aromatic heterocycles. The van der Waals surface area contributed by atoms with Gasteiger partial charge < -0.3 is 5.32 Å². The maximum atomic E-state index is 4.46. The zero-order valence-electron chi connectivity index (χ0n) is 10.7. The summed E-state index contributed by atoms with van der Waals surface area (Å²) in [5, 5.41) is 7.72. The van der Waals surface area contributed by atoms with Crippen LogP contribution in [-0.4, -0.2) is 23.4 Å². The van der Waals surface area contributed by atoms with Crippen LogP contribution in [0, 0.1) is 0 Å². The molecule has 0 fully saturated rings. The average molecular weight is 308 g/mol. The van der Waals surface area contributed by atoms with Crippen molar-refractivity contribution in [3.8, 4) is 0 Å². The molecule has 1 aromatic carbocycles. The number of likely N-dealkylation sites (N-methyl/N-ethyl adjacent to an activating group) is 1. The molecule has 0 amide bonds. The van der Waals surface area contributed by atoms with Crippen molar-refractivity contribution in [2.24, 2.45) is 7.05 Å². The Kier molecular flexibility index (Phi) is 4.55. The number of rotatable bonds is 5. The van der Waals surface area contributed by atoms with Crippen LogP contribution < -0.4 is 5.32 Å². The normalized spacial score (nSPS) is 12.6. The highest BCUT2D eigenvalue weighted by Gasteiger charge is 2.13. The Morgan fingerprint density at radius 2 is 2.00 bits per heavy atom. The van der Waals surface area contributed by atoms with E-state index in [0.29, 0.717) is 5.92 Å². The Balaban J connectivity index is 2.14. The van der Waals surface area contributed by atoms with Gasteiger partial charge in [-0.25, -0.2) is 0 Å². The van der Waals surface area contributed by atoms with Gasteiger partial charge in [-0.3, -0.25) is 4.68 Å². The number of hydrogen-bond acceptors (Lipinski definition) is 2. The lowest BCUT2D eigenvalue weighted by Gasteiger charge is -2.16. The van der Waals surface area contributed by atoms with E-state index in [0.717, 1.165) is 23.1 Å². The van der Waals surface area contributed by atoms with Crippen molar-refractivity contribution in [1.29, 1.82) is 0 Å². The number of benzene rings is 1. The Morgan fingerprint density at radius 3 is 2.56 bits per heavy atom.